The first-order valence-electron chi connectivity index (χ1n) is 5.31. The number of aliphatic carboxylic acids is 1. The Bertz CT molecular complexity index is 238. The number of hydrogen-bond acceptors (Lipinski definition) is 3. The van der Waals surface area contributed by atoms with Gasteiger partial charge in [-0.2, -0.15) is 0 Å². The molecule has 1 fully saturated rings. The molecule has 15 heavy (non-hydrogen) atoms. The zero-order valence-electron chi connectivity index (χ0n) is 8.86. The molecule has 1 amide bonds. The van der Waals surface area contributed by atoms with E-state index in [0.717, 1.165) is 25.7 Å². The van der Waals surface area contributed by atoms with E-state index >= 15 is 0 Å². The maximum absolute atomic E-state index is 11.2. The predicted molar refractivity (Wildman–Crippen MR) is 53.5 cm³/mol. The molecule has 1 atom stereocenters. The Labute approximate surface area is 88.8 Å². The van der Waals surface area contributed by atoms with E-state index in [1.807, 2.05) is 6.92 Å². The van der Waals surface area contributed by atoms with Gasteiger partial charge in [0, 0.05) is 0 Å². The van der Waals surface area contributed by atoms with Crippen molar-refractivity contribution in [2.45, 2.75) is 38.6 Å². The average molecular weight is 215 g/mol. The molecule has 1 saturated carbocycles. The minimum atomic E-state index is -0.982. The number of rotatable bonds is 6. The lowest BCUT2D eigenvalue weighted by atomic mass is 10.2. The molecule has 0 aromatic heterocycles. The Morgan fingerprint density at radius 2 is 2.20 bits per heavy atom. The lowest BCUT2D eigenvalue weighted by Crippen LogP contribution is -2.42. The molecule has 5 nitrogen and oxygen atoms in total. The van der Waals surface area contributed by atoms with Crippen LogP contribution in [0.2, 0.25) is 0 Å². The molecule has 0 radical (unpaired) electrons. The number of nitrogens with one attached hydrogen (secondary N) is 1. The lowest BCUT2D eigenvalue weighted by Gasteiger charge is -2.13. The van der Waals surface area contributed by atoms with Gasteiger partial charge in [-0.1, -0.05) is 13.3 Å². The molecule has 0 aliphatic heterocycles. The van der Waals surface area contributed by atoms with Crippen molar-refractivity contribution in [1.82, 2.24) is 5.32 Å². The fourth-order valence-electron chi connectivity index (χ4n) is 1.29. The van der Waals surface area contributed by atoms with Crippen LogP contribution in [-0.2, 0) is 9.53 Å². The number of amides is 1. The summed E-state index contributed by atoms with van der Waals surface area (Å²) in [5.74, 6) is -0.897. The highest BCUT2D eigenvalue weighted by atomic mass is 16.5. The summed E-state index contributed by atoms with van der Waals surface area (Å²) >= 11 is 0. The van der Waals surface area contributed by atoms with E-state index in [2.05, 4.69) is 5.32 Å². The smallest absolute Gasteiger partial charge is 0.407 e. The Balaban J connectivity index is 2.24. The molecule has 1 aliphatic rings. The molecule has 0 saturated heterocycles. The van der Waals surface area contributed by atoms with Crippen molar-refractivity contribution in [3.8, 4) is 0 Å². The highest BCUT2D eigenvalue weighted by molar-refractivity contribution is 5.80. The summed E-state index contributed by atoms with van der Waals surface area (Å²) < 4.78 is 4.83. The Morgan fingerprint density at radius 3 is 2.67 bits per heavy atom. The van der Waals surface area contributed by atoms with E-state index in [0.29, 0.717) is 6.61 Å². The van der Waals surface area contributed by atoms with Crippen molar-refractivity contribution in [3.05, 3.63) is 0 Å². The van der Waals surface area contributed by atoms with Crippen LogP contribution < -0.4 is 5.32 Å². The SMILES string of the molecule is CCCCOC(=O)NC(C(=O)O)C1CC1. The predicted octanol–water partition coefficient (Wildman–Crippen LogP) is 1.38. The second-order valence-electron chi connectivity index (χ2n) is 3.79. The minimum Gasteiger partial charge on any atom is -0.480 e. The Morgan fingerprint density at radius 1 is 1.53 bits per heavy atom. The van der Waals surface area contributed by atoms with Crippen molar-refractivity contribution in [3.63, 3.8) is 0 Å². The van der Waals surface area contributed by atoms with E-state index in [9.17, 15) is 9.59 Å². The topological polar surface area (TPSA) is 75.6 Å². The first-order chi connectivity index (χ1) is 7.15. The summed E-state index contributed by atoms with van der Waals surface area (Å²) in [7, 11) is 0. The minimum absolute atomic E-state index is 0.0845. The highest BCUT2D eigenvalue weighted by Gasteiger charge is 2.37. The number of carboxylic acids is 1. The molecule has 1 unspecified atom stereocenters. The monoisotopic (exact) mass is 215 g/mol. The first-order valence-corrected chi connectivity index (χ1v) is 5.31. The molecule has 0 aromatic rings. The van der Waals surface area contributed by atoms with Crippen molar-refractivity contribution < 1.29 is 19.4 Å². The summed E-state index contributed by atoms with van der Waals surface area (Å²) in [5, 5.41) is 11.2. The summed E-state index contributed by atoms with van der Waals surface area (Å²) in [6.45, 7) is 2.34. The fraction of sp³-hybridized carbons (Fsp3) is 0.800. The average Bonchev–Trinajstić information content (AvgIpc) is 2.97. The largest absolute Gasteiger partial charge is 0.480 e. The summed E-state index contributed by atoms with van der Waals surface area (Å²) in [6.07, 6.45) is 2.85. The number of alkyl carbamates (subject to hydrolysis) is 1. The summed E-state index contributed by atoms with van der Waals surface area (Å²) in [6, 6.07) is -0.779. The molecule has 5 heteroatoms. The van der Waals surface area contributed by atoms with Crippen molar-refractivity contribution in [2.24, 2.45) is 5.92 Å². The number of unbranched alkanes of at least 4 members (excludes halogenated alkanes) is 1. The van der Waals surface area contributed by atoms with E-state index in [4.69, 9.17) is 9.84 Å². The van der Waals surface area contributed by atoms with E-state index in [1.165, 1.54) is 0 Å². The summed E-state index contributed by atoms with van der Waals surface area (Å²) in [4.78, 5) is 21.9. The molecule has 0 spiro atoms. The van der Waals surface area contributed by atoms with Crippen molar-refractivity contribution in [2.75, 3.05) is 6.61 Å². The molecule has 0 bridgehead atoms. The van der Waals surface area contributed by atoms with Gasteiger partial charge in [0.1, 0.15) is 6.04 Å². The van der Waals surface area contributed by atoms with E-state index in [-0.39, 0.29) is 5.92 Å². The number of carboxylic acid groups (broad SMARTS) is 1. The highest BCUT2D eigenvalue weighted by Crippen LogP contribution is 2.32. The maximum Gasteiger partial charge on any atom is 0.407 e. The lowest BCUT2D eigenvalue weighted by molar-refractivity contribution is -0.139. The number of ether oxygens (including phenoxy) is 1. The van der Waals surface area contributed by atoms with Crippen LogP contribution in [0.1, 0.15) is 32.6 Å². The van der Waals surface area contributed by atoms with Gasteiger partial charge in [-0.3, -0.25) is 0 Å². The third-order valence-corrected chi connectivity index (χ3v) is 2.36. The number of carbonyl (C=O) groups is 2. The zero-order chi connectivity index (χ0) is 11.3. The van der Waals surface area contributed by atoms with Crippen LogP contribution in [0.4, 0.5) is 4.79 Å². The second kappa shape index (κ2) is 5.58. The van der Waals surface area contributed by atoms with Gasteiger partial charge in [0.2, 0.25) is 0 Å². The molecule has 1 aliphatic carbocycles. The van der Waals surface area contributed by atoms with Crippen LogP contribution in [0.5, 0.6) is 0 Å². The molecule has 1 rings (SSSR count). The maximum atomic E-state index is 11.2. The van der Waals surface area contributed by atoms with Gasteiger partial charge in [0.05, 0.1) is 6.61 Å². The van der Waals surface area contributed by atoms with Gasteiger partial charge in [0.15, 0.2) is 0 Å². The summed E-state index contributed by atoms with van der Waals surface area (Å²) in [5.41, 5.74) is 0. The first kappa shape index (κ1) is 11.8. The van der Waals surface area contributed by atoms with E-state index < -0.39 is 18.1 Å². The van der Waals surface area contributed by atoms with Gasteiger partial charge < -0.3 is 15.2 Å². The van der Waals surface area contributed by atoms with Crippen LogP contribution >= 0.6 is 0 Å². The zero-order valence-corrected chi connectivity index (χ0v) is 8.86. The standard InChI is InChI=1S/C10H17NO4/c1-2-3-6-15-10(14)11-8(9(12)13)7-4-5-7/h7-8H,2-6H2,1H3,(H,11,14)(H,12,13). The van der Waals surface area contributed by atoms with Gasteiger partial charge in [-0.25, -0.2) is 9.59 Å². The third kappa shape index (κ3) is 4.18. The number of carbonyl (C=O) groups excluding carboxylic acids is 1. The molecule has 86 valence electrons. The molecular formula is C10H17NO4. The van der Waals surface area contributed by atoms with Gasteiger partial charge in [-0.05, 0) is 25.2 Å². The normalized spacial score (nSPS) is 16.9. The molecule has 2 N–H and O–H groups in total. The fourth-order valence-corrected chi connectivity index (χ4v) is 1.29. The van der Waals surface area contributed by atoms with Crippen LogP contribution in [-0.4, -0.2) is 29.8 Å². The van der Waals surface area contributed by atoms with Crippen LogP contribution in [0.3, 0.4) is 0 Å². The second-order valence-corrected chi connectivity index (χ2v) is 3.79. The molecule has 0 heterocycles. The Hall–Kier alpha value is -1.26. The van der Waals surface area contributed by atoms with Gasteiger partial charge >= 0.3 is 12.1 Å². The van der Waals surface area contributed by atoms with Crippen LogP contribution in [0.15, 0.2) is 0 Å². The quantitative estimate of drug-likeness (QED) is 0.656. The Kier molecular flexibility index (Phi) is 4.39. The van der Waals surface area contributed by atoms with Crippen molar-refractivity contribution >= 4 is 12.1 Å². The third-order valence-electron chi connectivity index (χ3n) is 2.36. The molecule has 0 aromatic carbocycles. The molecular weight excluding hydrogens is 198 g/mol. The van der Waals surface area contributed by atoms with E-state index in [1.54, 1.807) is 0 Å². The van der Waals surface area contributed by atoms with Crippen molar-refractivity contribution in [1.29, 1.82) is 0 Å². The number of hydrogen-bond donors (Lipinski definition) is 2. The van der Waals surface area contributed by atoms with Crippen LogP contribution in [0, 0.1) is 5.92 Å². The van der Waals surface area contributed by atoms with Gasteiger partial charge in [-0.15, -0.1) is 0 Å². The van der Waals surface area contributed by atoms with Crippen LogP contribution in [0.25, 0.3) is 0 Å². The van der Waals surface area contributed by atoms with Gasteiger partial charge in [0.25, 0.3) is 0 Å².